The second-order valence-corrected chi connectivity index (χ2v) is 6.80. The van der Waals surface area contributed by atoms with Gasteiger partial charge >= 0.3 is 11.9 Å². The van der Waals surface area contributed by atoms with Crippen molar-refractivity contribution in [2.45, 2.75) is 0 Å². The highest BCUT2D eigenvalue weighted by Crippen LogP contribution is 2.18. The first kappa shape index (κ1) is 23.2. The van der Waals surface area contributed by atoms with Crippen LogP contribution in [0.2, 0.25) is 0 Å². The van der Waals surface area contributed by atoms with Gasteiger partial charge in [-0.05, 0) is 54.6 Å². The van der Waals surface area contributed by atoms with Crippen LogP contribution in [0, 0.1) is 0 Å². The van der Waals surface area contributed by atoms with Gasteiger partial charge in [-0.3, -0.25) is 9.59 Å². The van der Waals surface area contributed by atoms with Gasteiger partial charge in [0, 0.05) is 16.8 Å². The Morgan fingerprint density at radius 1 is 0.727 bits per heavy atom. The fraction of sp³-hybridized carbons (Fsp3) is 0.120. The molecule has 33 heavy (non-hydrogen) atoms. The summed E-state index contributed by atoms with van der Waals surface area (Å²) < 4.78 is 14.8. The van der Waals surface area contributed by atoms with Crippen molar-refractivity contribution in [1.29, 1.82) is 0 Å². The number of carbonyl (C=O) groups excluding carboxylic acids is 4. The van der Waals surface area contributed by atoms with E-state index in [9.17, 15) is 19.2 Å². The molecule has 3 rings (SSSR count). The molecule has 0 atom stereocenters. The number of ketones is 1. The van der Waals surface area contributed by atoms with E-state index in [2.05, 4.69) is 10.1 Å². The summed E-state index contributed by atoms with van der Waals surface area (Å²) in [6.45, 7) is -0.553. The van der Waals surface area contributed by atoms with Crippen LogP contribution in [-0.4, -0.2) is 44.5 Å². The molecule has 3 aromatic carbocycles. The van der Waals surface area contributed by atoms with Gasteiger partial charge in [0.1, 0.15) is 5.75 Å². The third-order valence-electron chi connectivity index (χ3n) is 4.67. The van der Waals surface area contributed by atoms with Crippen molar-refractivity contribution >= 4 is 29.3 Å². The lowest BCUT2D eigenvalue weighted by atomic mass is 9.98. The predicted octanol–water partition coefficient (Wildman–Crippen LogP) is 3.51. The van der Waals surface area contributed by atoms with Gasteiger partial charge < -0.3 is 19.5 Å². The number of esters is 2. The van der Waals surface area contributed by atoms with E-state index in [4.69, 9.17) is 9.47 Å². The van der Waals surface area contributed by atoms with E-state index in [0.29, 0.717) is 22.6 Å². The molecule has 0 saturated heterocycles. The van der Waals surface area contributed by atoms with Crippen LogP contribution < -0.4 is 10.1 Å². The zero-order valence-corrected chi connectivity index (χ0v) is 18.0. The normalized spacial score (nSPS) is 10.1. The Hall–Kier alpha value is -4.46. The topological polar surface area (TPSA) is 108 Å². The molecule has 0 aliphatic rings. The van der Waals surface area contributed by atoms with E-state index in [1.54, 1.807) is 36.4 Å². The van der Waals surface area contributed by atoms with Crippen LogP contribution in [0.15, 0.2) is 72.8 Å². The number of ether oxygens (including phenoxy) is 3. The largest absolute Gasteiger partial charge is 0.497 e. The molecule has 0 aliphatic heterocycles. The molecule has 8 nitrogen and oxygen atoms in total. The van der Waals surface area contributed by atoms with Crippen molar-refractivity contribution in [3.8, 4) is 5.75 Å². The molecule has 0 unspecified atom stereocenters. The van der Waals surface area contributed by atoms with Gasteiger partial charge in [-0.25, -0.2) is 9.59 Å². The molecular weight excluding hydrogens is 426 g/mol. The van der Waals surface area contributed by atoms with Crippen LogP contribution in [0.3, 0.4) is 0 Å². The minimum Gasteiger partial charge on any atom is -0.497 e. The Balaban J connectivity index is 1.64. The Bertz CT molecular complexity index is 1170. The highest BCUT2D eigenvalue weighted by atomic mass is 16.5. The van der Waals surface area contributed by atoms with Gasteiger partial charge in [-0.15, -0.1) is 0 Å². The zero-order chi connectivity index (χ0) is 23.8. The summed E-state index contributed by atoms with van der Waals surface area (Å²) in [5.41, 5.74) is 1.34. The molecule has 168 valence electrons. The molecule has 0 aliphatic carbocycles. The summed E-state index contributed by atoms with van der Waals surface area (Å²) in [6.07, 6.45) is 0. The summed E-state index contributed by atoms with van der Waals surface area (Å²) in [6, 6.07) is 18.8. The number of anilines is 1. The number of amides is 1. The average Bonchev–Trinajstić information content (AvgIpc) is 2.86. The molecular formula is C25H21NO7. The van der Waals surface area contributed by atoms with E-state index >= 15 is 0 Å². The second kappa shape index (κ2) is 10.7. The quantitative estimate of drug-likeness (QED) is 0.416. The Kier molecular flexibility index (Phi) is 7.54. The molecule has 0 aromatic heterocycles. The van der Waals surface area contributed by atoms with E-state index in [1.807, 2.05) is 0 Å². The summed E-state index contributed by atoms with van der Waals surface area (Å²) in [5.74, 6) is -1.63. The van der Waals surface area contributed by atoms with Crippen LogP contribution in [-0.2, 0) is 14.3 Å². The van der Waals surface area contributed by atoms with E-state index in [0.717, 1.165) is 0 Å². The molecule has 1 amide bonds. The first-order valence-electron chi connectivity index (χ1n) is 9.86. The molecule has 8 heteroatoms. The molecule has 0 bridgehead atoms. The van der Waals surface area contributed by atoms with Crippen LogP contribution in [0.4, 0.5) is 5.69 Å². The minimum absolute atomic E-state index is 0.0496. The Labute approximate surface area is 190 Å². The van der Waals surface area contributed by atoms with Crippen molar-refractivity contribution in [1.82, 2.24) is 0 Å². The van der Waals surface area contributed by atoms with E-state index in [-0.39, 0.29) is 16.9 Å². The highest BCUT2D eigenvalue weighted by Gasteiger charge is 2.20. The second-order valence-electron chi connectivity index (χ2n) is 6.80. The smallest absolute Gasteiger partial charge is 0.339 e. The SMILES string of the molecule is COC(=O)c1ccc(NC(=O)COC(=O)c2ccccc2C(=O)c2ccc(OC)cc2)cc1. The number of methoxy groups -OCH3 is 2. The van der Waals surface area contributed by atoms with Crippen molar-refractivity contribution in [2.24, 2.45) is 0 Å². The first-order valence-corrected chi connectivity index (χ1v) is 9.86. The van der Waals surface area contributed by atoms with Crippen LogP contribution in [0.25, 0.3) is 0 Å². The van der Waals surface area contributed by atoms with Gasteiger partial charge in [0.05, 0.1) is 25.3 Å². The Morgan fingerprint density at radius 2 is 1.33 bits per heavy atom. The molecule has 1 N–H and O–H groups in total. The molecule has 0 heterocycles. The van der Waals surface area contributed by atoms with Gasteiger partial charge in [0.15, 0.2) is 12.4 Å². The van der Waals surface area contributed by atoms with Crippen molar-refractivity contribution < 1.29 is 33.4 Å². The van der Waals surface area contributed by atoms with Crippen LogP contribution >= 0.6 is 0 Å². The maximum atomic E-state index is 12.9. The molecule has 0 spiro atoms. The summed E-state index contributed by atoms with van der Waals surface area (Å²) in [4.78, 5) is 49.1. The zero-order valence-electron chi connectivity index (χ0n) is 18.0. The molecule has 0 radical (unpaired) electrons. The third-order valence-corrected chi connectivity index (χ3v) is 4.67. The fourth-order valence-corrected chi connectivity index (χ4v) is 2.97. The van der Waals surface area contributed by atoms with E-state index in [1.165, 1.54) is 50.6 Å². The Morgan fingerprint density at radius 3 is 1.94 bits per heavy atom. The maximum absolute atomic E-state index is 12.9. The van der Waals surface area contributed by atoms with Gasteiger partial charge in [0.25, 0.3) is 5.91 Å². The monoisotopic (exact) mass is 447 g/mol. The van der Waals surface area contributed by atoms with Crippen LogP contribution in [0.1, 0.15) is 36.6 Å². The summed E-state index contributed by atoms with van der Waals surface area (Å²) >= 11 is 0. The van der Waals surface area contributed by atoms with Crippen molar-refractivity contribution in [3.63, 3.8) is 0 Å². The fourth-order valence-electron chi connectivity index (χ4n) is 2.97. The van der Waals surface area contributed by atoms with Crippen LogP contribution in [0.5, 0.6) is 5.75 Å². The number of nitrogens with one attached hydrogen (secondary N) is 1. The molecule has 3 aromatic rings. The summed E-state index contributed by atoms with van der Waals surface area (Å²) in [5, 5.41) is 2.56. The average molecular weight is 447 g/mol. The van der Waals surface area contributed by atoms with Gasteiger partial charge in [0.2, 0.25) is 0 Å². The number of hydrogen-bond donors (Lipinski definition) is 1. The lowest BCUT2D eigenvalue weighted by molar-refractivity contribution is -0.119. The predicted molar refractivity (Wildman–Crippen MR) is 120 cm³/mol. The third kappa shape index (κ3) is 5.82. The number of rotatable bonds is 8. The van der Waals surface area contributed by atoms with Gasteiger partial charge in [-0.1, -0.05) is 18.2 Å². The van der Waals surface area contributed by atoms with Gasteiger partial charge in [-0.2, -0.15) is 0 Å². The number of benzene rings is 3. The first-order chi connectivity index (χ1) is 15.9. The highest BCUT2D eigenvalue weighted by molar-refractivity contribution is 6.14. The van der Waals surface area contributed by atoms with E-state index < -0.39 is 24.5 Å². The molecule has 0 saturated carbocycles. The van der Waals surface area contributed by atoms with Crippen molar-refractivity contribution in [2.75, 3.05) is 26.1 Å². The van der Waals surface area contributed by atoms with Crippen molar-refractivity contribution in [3.05, 3.63) is 95.1 Å². The maximum Gasteiger partial charge on any atom is 0.339 e. The molecule has 0 fully saturated rings. The number of hydrogen-bond acceptors (Lipinski definition) is 7. The summed E-state index contributed by atoms with van der Waals surface area (Å²) in [7, 11) is 2.80. The minimum atomic E-state index is -0.802. The lowest BCUT2D eigenvalue weighted by Gasteiger charge is -2.10. The standard InChI is InChI=1S/C25H21NO7/c1-31-19-13-9-16(10-14-19)23(28)20-5-3-4-6-21(20)25(30)33-15-22(27)26-18-11-7-17(8-12-18)24(29)32-2/h3-14H,15H2,1-2H3,(H,26,27). The lowest BCUT2D eigenvalue weighted by Crippen LogP contribution is -2.22. The number of carbonyl (C=O) groups is 4.